The summed E-state index contributed by atoms with van der Waals surface area (Å²) in [6.07, 6.45) is 0. The van der Waals surface area contributed by atoms with Gasteiger partial charge in [0.2, 0.25) is 0 Å². The molecule has 2 N–H and O–H groups in total. The molecule has 0 saturated carbocycles. The molecule has 0 fully saturated rings. The van der Waals surface area contributed by atoms with Crippen LogP contribution in [0.5, 0.6) is 0 Å². The molecule has 0 amide bonds. The summed E-state index contributed by atoms with van der Waals surface area (Å²) in [5.41, 5.74) is 0. The largest absolute Gasteiger partial charge is 1.00 e. The third-order valence-electron chi connectivity index (χ3n) is 2.37. The molecule has 0 aliphatic carbocycles. The Morgan fingerprint density at radius 1 is 0.810 bits per heavy atom. The van der Waals surface area contributed by atoms with Crippen LogP contribution in [0.4, 0.5) is 0 Å². The van der Waals surface area contributed by atoms with Gasteiger partial charge < -0.3 is 4.28 Å². The number of benzene rings is 2. The van der Waals surface area contributed by atoms with Gasteiger partial charge in [0.15, 0.2) is 0 Å². The molecular weight excluding hydrogens is 349 g/mol. The smallest absolute Gasteiger partial charge is 1.00 e. The molecule has 2 aromatic rings. The normalized spacial score (nSPS) is 11.0. The van der Waals surface area contributed by atoms with Crippen LogP contribution in [0.3, 0.4) is 0 Å². The van der Waals surface area contributed by atoms with E-state index in [1.165, 1.54) is 12.1 Å². The summed E-state index contributed by atoms with van der Waals surface area (Å²) in [6.45, 7) is 0. The van der Waals surface area contributed by atoms with Crippen molar-refractivity contribution < 1.29 is 119 Å². The fourth-order valence-corrected chi connectivity index (χ4v) is 2.97. The fourth-order valence-electron chi connectivity index (χ4n) is 1.61. The van der Waals surface area contributed by atoms with Crippen LogP contribution in [0.15, 0.2) is 46.2 Å². The molecule has 21 heavy (non-hydrogen) atoms. The van der Waals surface area contributed by atoms with E-state index in [2.05, 4.69) is 0 Å². The molecule has 0 unspecified atom stereocenters. The Morgan fingerprint density at radius 3 is 1.81 bits per heavy atom. The van der Waals surface area contributed by atoms with E-state index < -0.39 is 30.0 Å². The zero-order valence-corrected chi connectivity index (χ0v) is 19.4. The van der Waals surface area contributed by atoms with Crippen molar-refractivity contribution >= 4 is 31.0 Å². The molecule has 2 rings (SSSR count). The van der Waals surface area contributed by atoms with Gasteiger partial charge in [-0.3, -0.25) is 9.11 Å². The average molecular weight is 360 g/mol. The molecule has 2 aromatic carbocycles. The Bertz CT molecular complexity index is 846. The van der Waals surface area contributed by atoms with E-state index in [1.807, 2.05) is 0 Å². The Hall–Kier alpha value is 1.52. The van der Waals surface area contributed by atoms with Gasteiger partial charge in [0, 0.05) is 5.39 Å². The maximum Gasteiger partial charge on any atom is 1.00 e. The maximum absolute atomic E-state index is 11.2. The molecule has 0 aliphatic rings. The van der Waals surface area contributed by atoms with Crippen LogP contribution in [0.25, 0.3) is 10.8 Å². The van der Waals surface area contributed by atoms with Crippen molar-refractivity contribution in [1.82, 2.24) is 0 Å². The van der Waals surface area contributed by atoms with Gasteiger partial charge in [0.05, 0.1) is 4.90 Å². The minimum absolute atomic E-state index is 0. The zero-order valence-electron chi connectivity index (χ0n) is 14.8. The Kier molecular flexibility index (Phi) is 10.8. The second-order valence-electron chi connectivity index (χ2n) is 3.59. The van der Waals surface area contributed by atoms with E-state index >= 15 is 0 Å². The monoisotopic (exact) mass is 360 g/mol. The number of fused-ring (bicyclic) bond motifs is 1. The number of hydrogen-bond acceptors (Lipinski definition) is 4. The third-order valence-corrected chi connectivity index (χ3v) is 4.10. The SMILES string of the molecule is O=S(=O)(O)c1cc(S(=O)(=O)O)c2ccccc2c1.[H-].[H-].[H-].[Na+].[Na+].[Na+]. The van der Waals surface area contributed by atoms with Gasteiger partial charge in [-0.1, -0.05) is 24.3 Å². The van der Waals surface area contributed by atoms with Crippen LogP contribution >= 0.6 is 0 Å². The van der Waals surface area contributed by atoms with Crippen molar-refractivity contribution in [2.24, 2.45) is 0 Å². The van der Waals surface area contributed by atoms with E-state index in [1.54, 1.807) is 12.1 Å². The Labute approximate surface area is 193 Å². The van der Waals surface area contributed by atoms with Crippen molar-refractivity contribution in [3.05, 3.63) is 36.4 Å². The quantitative estimate of drug-likeness (QED) is 0.407. The van der Waals surface area contributed by atoms with Crippen molar-refractivity contribution in [2.75, 3.05) is 0 Å². The molecule has 0 atom stereocenters. The van der Waals surface area contributed by atoms with Crippen molar-refractivity contribution in [2.45, 2.75) is 9.79 Å². The first kappa shape index (κ1) is 24.8. The maximum atomic E-state index is 11.2. The standard InChI is InChI=1S/C10H8O6S2.3Na.3H/c11-17(12,13)8-5-7-3-1-2-4-9(7)10(6-8)18(14,15)16;;;;;;/h1-6H,(H,11,12,13)(H,14,15,16);;;;;;/q;3*+1;3*-1. The van der Waals surface area contributed by atoms with Crippen LogP contribution in [0, 0.1) is 0 Å². The van der Waals surface area contributed by atoms with Crippen molar-refractivity contribution in [1.29, 1.82) is 0 Å². The minimum Gasteiger partial charge on any atom is -1.00 e. The van der Waals surface area contributed by atoms with Crippen LogP contribution in [-0.4, -0.2) is 25.9 Å². The summed E-state index contributed by atoms with van der Waals surface area (Å²) in [5, 5.41) is 0.452. The molecule has 0 saturated heterocycles. The molecule has 11 heteroatoms. The summed E-state index contributed by atoms with van der Waals surface area (Å²) in [5.74, 6) is 0. The molecular formula is C10H11Na3O6S2. The third kappa shape index (κ3) is 6.15. The molecule has 0 bridgehead atoms. The topological polar surface area (TPSA) is 109 Å². The van der Waals surface area contributed by atoms with Gasteiger partial charge in [0.25, 0.3) is 20.2 Å². The molecule has 0 spiro atoms. The Balaban J connectivity index is -0.000000201. The summed E-state index contributed by atoms with van der Waals surface area (Å²) in [4.78, 5) is -1.15. The second-order valence-corrected chi connectivity index (χ2v) is 6.40. The first-order valence-corrected chi connectivity index (χ1v) is 7.55. The van der Waals surface area contributed by atoms with E-state index in [0.29, 0.717) is 6.07 Å². The fraction of sp³-hybridized carbons (Fsp3) is 0. The van der Waals surface area contributed by atoms with E-state index in [9.17, 15) is 16.8 Å². The van der Waals surface area contributed by atoms with E-state index in [-0.39, 0.29) is 104 Å². The first-order valence-electron chi connectivity index (χ1n) is 4.67. The van der Waals surface area contributed by atoms with Crippen LogP contribution < -0.4 is 88.7 Å². The predicted molar refractivity (Wildman–Crippen MR) is 66.9 cm³/mol. The predicted octanol–water partition coefficient (Wildman–Crippen LogP) is -7.32. The summed E-state index contributed by atoms with van der Waals surface area (Å²) in [6, 6.07) is 7.85. The van der Waals surface area contributed by atoms with Gasteiger partial charge in [-0.05, 0) is 17.5 Å². The molecule has 0 heterocycles. The molecule has 0 radical (unpaired) electrons. The van der Waals surface area contributed by atoms with E-state index in [0.717, 1.165) is 6.07 Å². The summed E-state index contributed by atoms with van der Waals surface area (Å²) >= 11 is 0. The van der Waals surface area contributed by atoms with Gasteiger partial charge >= 0.3 is 88.7 Å². The van der Waals surface area contributed by atoms with Crippen molar-refractivity contribution in [3.8, 4) is 0 Å². The number of rotatable bonds is 2. The second kappa shape index (κ2) is 9.12. The Morgan fingerprint density at radius 2 is 1.33 bits per heavy atom. The zero-order chi connectivity index (χ0) is 13.6. The van der Waals surface area contributed by atoms with Crippen molar-refractivity contribution in [3.63, 3.8) is 0 Å². The molecule has 6 nitrogen and oxygen atoms in total. The average Bonchev–Trinajstić information content (AvgIpc) is 2.25. The van der Waals surface area contributed by atoms with Gasteiger partial charge in [-0.25, -0.2) is 0 Å². The van der Waals surface area contributed by atoms with E-state index in [4.69, 9.17) is 9.11 Å². The van der Waals surface area contributed by atoms with Crippen LogP contribution in [-0.2, 0) is 20.2 Å². The summed E-state index contributed by atoms with van der Waals surface area (Å²) < 4.78 is 62.5. The van der Waals surface area contributed by atoms with Gasteiger partial charge in [-0.15, -0.1) is 0 Å². The van der Waals surface area contributed by atoms with Gasteiger partial charge in [0.1, 0.15) is 4.90 Å². The van der Waals surface area contributed by atoms with Crippen LogP contribution in [0.1, 0.15) is 4.28 Å². The minimum atomic E-state index is -4.59. The summed E-state index contributed by atoms with van der Waals surface area (Å²) in [7, 11) is -9.14. The molecule has 0 aliphatic heterocycles. The first-order chi connectivity index (χ1) is 8.19. The molecule has 102 valence electrons. The van der Waals surface area contributed by atoms with Crippen LogP contribution in [0.2, 0.25) is 0 Å². The number of hydrogen-bond donors (Lipinski definition) is 2. The molecule has 0 aromatic heterocycles. The van der Waals surface area contributed by atoms with Gasteiger partial charge in [-0.2, -0.15) is 16.8 Å².